The molecule has 3 rings (SSSR count). The number of hydrogen-bond donors (Lipinski definition) is 1. The highest BCUT2D eigenvalue weighted by atomic mass is 35.5. The number of carboxylic acids is 1. The average molecular weight is 469 g/mol. The summed E-state index contributed by atoms with van der Waals surface area (Å²) >= 11 is 11.9. The van der Waals surface area contributed by atoms with Gasteiger partial charge >= 0.3 is 5.97 Å². The number of piperidine rings is 1. The fraction of sp³-hybridized carbons (Fsp3) is 0.391. The van der Waals surface area contributed by atoms with Gasteiger partial charge in [0.25, 0.3) is 0 Å². The molecule has 2 atom stereocenters. The van der Waals surface area contributed by atoms with Gasteiger partial charge in [-0.1, -0.05) is 41.9 Å². The summed E-state index contributed by atoms with van der Waals surface area (Å²) in [4.78, 5) is 18.4. The molecule has 0 spiro atoms. The van der Waals surface area contributed by atoms with Gasteiger partial charge in [0.05, 0.1) is 16.1 Å². The van der Waals surface area contributed by atoms with E-state index in [4.69, 9.17) is 23.2 Å². The van der Waals surface area contributed by atoms with Crippen LogP contribution in [0, 0.1) is 17.0 Å². The number of hydrogen-bond acceptors (Lipinski definition) is 3. The number of benzene rings is 1. The van der Waals surface area contributed by atoms with E-state index in [2.05, 4.69) is 11.6 Å². The summed E-state index contributed by atoms with van der Waals surface area (Å²) in [5.74, 6) is -2.07. The Hall–Kier alpha value is -2.02. The van der Waals surface area contributed by atoms with E-state index >= 15 is 0 Å². The normalized spacial score (nSPS) is 21.8. The van der Waals surface area contributed by atoms with Crippen LogP contribution in [0.15, 0.2) is 30.8 Å². The van der Waals surface area contributed by atoms with E-state index in [9.17, 15) is 18.7 Å². The highest BCUT2D eigenvalue weighted by Crippen LogP contribution is 2.40. The second-order valence-corrected chi connectivity index (χ2v) is 9.08. The zero-order chi connectivity index (χ0) is 22.9. The van der Waals surface area contributed by atoms with Gasteiger partial charge in [0.15, 0.2) is 5.82 Å². The van der Waals surface area contributed by atoms with E-state index in [0.29, 0.717) is 24.2 Å². The maximum absolute atomic E-state index is 15.0. The molecule has 1 aromatic carbocycles. The van der Waals surface area contributed by atoms with Crippen molar-refractivity contribution < 1.29 is 18.7 Å². The van der Waals surface area contributed by atoms with Crippen molar-refractivity contribution in [3.05, 3.63) is 69.5 Å². The Labute approximate surface area is 190 Å². The molecule has 1 N–H and O–H groups in total. The summed E-state index contributed by atoms with van der Waals surface area (Å²) < 4.78 is 29.3. The number of carbonyl (C=O) groups is 1. The van der Waals surface area contributed by atoms with E-state index < -0.39 is 23.0 Å². The Balaban J connectivity index is 1.85. The van der Waals surface area contributed by atoms with Crippen molar-refractivity contribution in [1.82, 2.24) is 9.88 Å². The molecule has 1 aromatic heterocycles. The summed E-state index contributed by atoms with van der Waals surface area (Å²) in [7, 11) is 0. The van der Waals surface area contributed by atoms with Crippen molar-refractivity contribution in [3.8, 4) is 0 Å². The number of allylic oxidation sites excluding steroid dienone is 1. The van der Waals surface area contributed by atoms with Crippen LogP contribution in [0.2, 0.25) is 10.2 Å². The van der Waals surface area contributed by atoms with Gasteiger partial charge in [-0.3, -0.25) is 9.69 Å². The van der Waals surface area contributed by atoms with Crippen LogP contribution in [0.4, 0.5) is 8.78 Å². The second-order valence-electron chi connectivity index (χ2n) is 8.28. The molecule has 0 radical (unpaired) electrons. The Morgan fingerprint density at radius 2 is 2.06 bits per heavy atom. The Kier molecular flexibility index (Phi) is 7.04. The lowest BCUT2D eigenvalue weighted by Crippen LogP contribution is -2.50. The van der Waals surface area contributed by atoms with Crippen molar-refractivity contribution >= 4 is 34.7 Å². The number of carboxylic acid groups (broad SMARTS) is 1. The van der Waals surface area contributed by atoms with Crippen molar-refractivity contribution in [3.63, 3.8) is 0 Å². The first-order valence-electron chi connectivity index (χ1n) is 9.95. The van der Waals surface area contributed by atoms with Gasteiger partial charge in [-0.2, -0.15) is 0 Å². The molecule has 4 nitrogen and oxygen atoms in total. The van der Waals surface area contributed by atoms with Crippen LogP contribution in [0.25, 0.3) is 5.57 Å². The first-order valence-corrected chi connectivity index (χ1v) is 10.7. The third-order valence-electron chi connectivity index (χ3n) is 6.01. The third-order valence-corrected chi connectivity index (χ3v) is 6.49. The Morgan fingerprint density at radius 1 is 1.35 bits per heavy atom. The molecule has 1 aliphatic heterocycles. The van der Waals surface area contributed by atoms with Gasteiger partial charge in [-0.25, -0.2) is 13.8 Å². The molecule has 0 aliphatic carbocycles. The molecule has 0 unspecified atom stereocenters. The molecule has 31 heavy (non-hydrogen) atoms. The summed E-state index contributed by atoms with van der Waals surface area (Å²) in [6.45, 7) is 8.02. The largest absolute Gasteiger partial charge is 0.481 e. The van der Waals surface area contributed by atoms with Crippen LogP contribution in [0.3, 0.4) is 0 Å². The lowest BCUT2D eigenvalue weighted by molar-refractivity contribution is -0.153. The molecule has 2 heterocycles. The summed E-state index contributed by atoms with van der Waals surface area (Å²) in [5.41, 5.74) is -0.00455. The highest BCUT2D eigenvalue weighted by molar-refractivity contribution is 6.30. The lowest BCUT2D eigenvalue weighted by atomic mass is 9.72. The van der Waals surface area contributed by atoms with Gasteiger partial charge in [0.1, 0.15) is 11.0 Å². The van der Waals surface area contributed by atoms with E-state index in [1.165, 1.54) is 12.1 Å². The topological polar surface area (TPSA) is 53.4 Å². The monoisotopic (exact) mass is 468 g/mol. The quantitative estimate of drug-likeness (QED) is 0.528. The fourth-order valence-electron chi connectivity index (χ4n) is 4.23. The summed E-state index contributed by atoms with van der Waals surface area (Å²) in [6, 6.07) is 6.05. The minimum Gasteiger partial charge on any atom is -0.481 e. The predicted molar refractivity (Wildman–Crippen MR) is 118 cm³/mol. The van der Waals surface area contributed by atoms with Gasteiger partial charge in [-0.05, 0) is 50.9 Å². The molecule has 1 saturated heterocycles. The number of pyridine rings is 1. The number of nitrogens with zero attached hydrogens (tertiary/aromatic N) is 2. The number of aromatic nitrogens is 1. The second kappa shape index (κ2) is 9.23. The van der Waals surface area contributed by atoms with Crippen LogP contribution in [0.5, 0.6) is 0 Å². The maximum Gasteiger partial charge on any atom is 0.310 e. The fourth-order valence-corrected chi connectivity index (χ4v) is 4.63. The van der Waals surface area contributed by atoms with Crippen molar-refractivity contribution in [2.75, 3.05) is 6.54 Å². The van der Waals surface area contributed by atoms with Crippen molar-refractivity contribution in [1.29, 1.82) is 0 Å². The molecule has 1 fully saturated rings. The van der Waals surface area contributed by atoms with Gasteiger partial charge in [-0.15, -0.1) is 0 Å². The first-order chi connectivity index (χ1) is 14.5. The molecular formula is C23H24Cl2F2N2O2. The SMILES string of the molecule is C=C(C)c1cc(Cl)nc(C[C@@]2(C(=O)O)CCN(Cc3cccc(Cl)c3F)[C@H](C)C2)c1F. The number of halogens is 4. The van der Waals surface area contributed by atoms with Gasteiger partial charge in [0, 0.05) is 30.1 Å². The van der Waals surface area contributed by atoms with Crippen LogP contribution < -0.4 is 0 Å². The predicted octanol–water partition coefficient (Wildman–Crippen LogP) is 6.00. The van der Waals surface area contributed by atoms with E-state index in [-0.39, 0.29) is 46.7 Å². The van der Waals surface area contributed by atoms with Crippen LogP contribution in [-0.2, 0) is 17.8 Å². The molecule has 1 aliphatic rings. The van der Waals surface area contributed by atoms with Gasteiger partial charge < -0.3 is 5.11 Å². The smallest absolute Gasteiger partial charge is 0.310 e. The number of likely N-dealkylation sites (tertiary alicyclic amines) is 1. The first kappa shape index (κ1) is 23.6. The summed E-state index contributed by atoms with van der Waals surface area (Å²) in [6.07, 6.45) is 0.449. The Bertz CT molecular complexity index is 1030. The van der Waals surface area contributed by atoms with Crippen LogP contribution >= 0.6 is 23.2 Å². The molecule has 0 amide bonds. The molecular weight excluding hydrogens is 445 g/mol. The summed E-state index contributed by atoms with van der Waals surface area (Å²) in [5, 5.41) is 10.2. The standard InChI is InChI=1S/C23H24Cl2F2N2O2/c1-13(2)16-9-19(25)28-18(21(16)27)11-23(22(30)31)7-8-29(14(3)10-23)12-15-5-4-6-17(24)20(15)26/h4-6,9,14H,1,7-8,10-12H2,2-3H3,(H,30,31)/t14-,23-/m1/s1. The maximum atomic E-state index is 15.0. The van der Waals surface area contributed by atoms with E-state index in [1.807, 2.05) is 11.8 Å². The minimum atomic E-state index is -1.20. The average Bonchev–Trinajstić information content (AvgIpc) is 2.69. The van der Waals surface area contributed by atoms with Crippen LogP contribution in [-0.4, -0.2) is 33.5 Å². The van der Waals surface area contributed by atoms with Crippen molar-refractivity contribution in [2.45, 2.75) is 45.7 Å². The van der Waals surface area contributed by atoms with Gasteiger partial charge in [0.2, 0.25) is 0 Å². The van der Waals surface area contributed by atoms with Crippen molar-refractivity contribution in [2.24, 2.45) is 5.41 Å². The molecule has 166 valence electrons. The molecule has 2 aromatic rings. The zero-order valence-corrected chi connectivity index (χ0v) is 18.9. The molecule has 8 heteroatoms. The molecule has 0 saturated carbocycles. The Morgan fingerprint density at radius 3 is 2.68 bits per heavy atom. The third kappa shape index (κ3) is 4.92. The van der Waals surface area contributed by atoms with E-state index in [0.717, 1.165) is 0 Å². The van der Waals surface area contributed by atoms with E-state index in [1.54, 1.807) is 19.1 Å². The lowest BCUT2D eigenvalue weighted by Gasteiger charge is -2.43. The number of aliphatic carboxylic acids is 1. The zero-order valence-electron chi connectivity index (χ0n) is 17.4. The number of rotatable bonds is 6. The minimum absolute atomic E-state index is 0.0226. The highest BCUT2D eigenvalue weighted by Gasteiger charge is 2.45. The van der Waals surface area contributed by atoms with Crippen LogP contribution in [0.1, 0.15) is 43.5 Å². The molecule has 0 bridgehead atoms.